The Labute approximate surface area is 102 Å². The smallest absolute Gasteiger partial charge is 0.168 e. The van der Waals surface area contributed by atoms with Crippen LogP contribution in [0.25, 0.3) is 0 Å². The quantitative estimate of drug-likeness (QED) is 0.858. The van der Waals surface area contributed by atoms with Crippen molar-refractivity contribution in [2.75, 3.05) is 0 Å². The van der Waals surface area contributed by atoms with Crippen LogP contribution >= 0.6 is 0 Å². The van der Waals surface area contributed by atoms with Gasteiger partial charge in [0, 0.05) is 6.54 Å². The van der Waals surface area contributed by atoms with Crippen LogP contribution in [0.15, 0.2) is 18.2 Å². The molecule has 88 valence electrons. The predicted molar refractivity (Wildman–Crippen MR) is 66.9 cm³/mol. The van der Waals surface area contributed by atoms with Gasteiger partial charge >= 0.3 is 0 Å². The maximum Gasteiger partial charge on any atom is 0.168 e. The number of nitrogens with two attached hydrogens (primary N) is 1. The fourth-order valence-corrected chi connectivity index (χ4v) is 1.98. The van der Waals surface area contributed by atoms with Crippen LogP contribution in [0.4, 0.5) is 0 Å². The standard InChI is InChI=1S/C14H17N3/c1-3-12-7-11(8-15)5-6-13(12)14(4-2,9-16)10-17/h5-7H,3-4,8,15H2,1-2H3. The lowest BCUT2D eigenvalue weighted by molar-refractivity contribution is 0.663. The van der Waals surface area contributed by atoms with Crippen molar-refractivity contribution in [1.29, 1.82) is 10.5 Å². The second-order valence-electron chi connectivity index (χ2n) is 4.03. The maximum atomic E-state index is 9.28. The summed E-state index contributed by atoms with van der Waals surface area (Å²) in [5, 5.41) is 18.6. The monoisotopic (exact) mass is 227 g/mol. The zero-order chi connectivity index (χ0) is 12.9. The highest BCUT2D eigenvalue weighted by Crippen LogP contribution is 2.30. The second-order valence-corrected chi connectivity index (χ2v) is 4.03. The summed E-state index contributed by atoms with van der Waals surface area (Å²) in [6.45, 7) is 4.36. The minimum absolute atomic E-state index is 0.478. The van der Waals surface area contributed by atoms with Crippen LogP contribution in [0.1, 0.15) is 37.0 Å². The molecule has 0 unspecified atom stereocenters. The van der Waals surface area contributed by atoms with Crippen LogP contribution in [0.5, 0.6) is 0 Å². The lowest BCUT2D eigenvalue weighted by Crippen LogP contribution is -2.22. The maximum absolute atomic E-state index is 9.28. The molecule has 0 heterocycles. The number of aryl methyl sites for hydroxylation is 1. The summed E-state index contributed by atoms with van der Waals surface area (Å²) in [6, 6.07) is 10.1. The molecule has 1 aromatic carbocycles. The third-order valence-electron chi connectivity index (χ3n) is 3.16. The highest BCUT2D eigenvalue weighted by atomic mass is 14.5. The van der Waals surface area contributed by atoms with Gasteiger partial charge in [0.05, 0.1) is 12.1 Å². The van der Waals surface area contributed by atoms with Gasteiger partial charge in [-0.25, -0.2) is 0 Å². The molecule has 0 spiro atoms. The summed E-state index contributed by atoms with van der Waals surface area (Å²) < 4.78 is 0. The highest BCUT2D eigenvalue weighted by molar-refractivity contribution is 5.46. The van der Waals surface area contributed by atoms with Gasteiger partial charge in [0.2, 0.25) is 0 Å². The van der Waals surface area contributed by atoms with Crippen molar-refractivity contribution >= 4 is 0 Å². The summed E-state index contributed by atoms with van der Waals surface area (Å²) in [5.74, 6) is 0. The third kappa shape index (κ3) is 2.30. The van der Waals surface area contributed by atoms with E-state index < -0.39 is 5.41 Å². The molecule has 0 amide bonds. The number of hydrogen-bond acceptors (Lipinski definition) is 3. The predicted octanol–water partition coefficient (Wildman–Crippen LogP) is 2.40. The first-order valence-electron chi connectivity index (χ1n) is 5.82. The number of nitrogens with zero attached hydrogens (tertiary/aromatic N) is 2. The van der Waals surface area contributed by atoms with Crippen LogP contribution in [0.2, 0.25) is 0 Å². The van der Waals surface area contributed by atoms with Crippen LogP contribution in [0.3, 0.4) is 0 Å². The average molecular weight is 227 g/mol. The van der Waals surface area contributed by atoms with E-state index in [2.05, 4.69) is 12.1 Å². The highest BCUT2D eigenvalue weighted by Gasteiger charge is 2.32. The molecule has 0 fully saturated rings. The first-order valence-corrected chi connectivity index (χ1v) is 5.82. The Hall–Kier alpha value is -1.84. The molecule has 1 aromatic rings. The first kappa shape index (κ1) is 13.2. The van der Waals surface area contributed by atoms with E-state index >= 15 is 0 Å². The molecule has 1 rings (SSSR count). The lowest BCUT2D eigenvalue weighted by Gasteiger charge is -2.20. The molecule has 0 aliphatic heterocycles. The fourth-order valence-electron chi connectivity index (χ4n) is 1.98. The molecule has 0 radical (unpaired) electrons. The van der Waals surface area contributed by atoms with E-state index in [0.29, 0.717) is 13.0 Å². The second kappa shape index (κ2) is 5.48. The SMILES string of the molecule is CCc1cc(CN)ccc1C(C#N)(C#N)CC. The van der Waals surface area contributed by atoms with E-state index in [1.807, 2.05) is 32.0 Å². The van der Waals surface area contributed by atoms with Crippen LogP contribution in [-0.2, 0) is 18.4 Å². The molecule has 3 heteroatoms. The molecule has 2 N–H and O–H groups in total. The van der Waals surface area contributed by atoms with E-state index in [1.165, 1.54) is 0 Å². The summed E-state index contributed by atoms with van der Waals surface area (Å²) in [7, 11) is 0. The van der Waals surface area contributed by atoms with Gasteiger partial charge in [-0.3, -0.25) is 0 Å². The fraction of sp³-hybridized carbons (Fsp3) is 0.429. The van der Waals surface area contributed by atoms with Crippen molar-refractivity contribution in [3.8, 4) is 12.1 Å². The summed E-state index contributed by atoms with van der Waals surface area (Å²) >= 11 is 0. The minimum atomic E-state index is -1.03. The van der Waals surface area contributed by atoms with E-state index in [0.717, 1.165) is 23.1 Å². The van der Waals surface area contributed by atoms with Crippen molar-refractivity contribution in [2.45, 2.75) is 38.6 Å². The van der Waals surface area contributed by atoms with Gasteiger partial charge in [0.15, 0.2) is 5.41 Å². The van der Waals surface area contributed by atoms with Gasteiger partial charge in [-0.15, -0.1) is 0 Å². The van der Waals surface area contributed by atoms with E-state index in [4.69, 9.17) is 5.73 Å². The van der Waals surface area contributed by atoms with Crippen LogP contribution in [-0.4, -0.2) is 0 Å². The topological polar surface area (TPSA) is 73.6 Å². The van der Waals surface area contributed by atoms with Crippen molar-refractivity contribution < 1.29 is 0 Å². The van der Waals surface area contributed by atoms with E-state index in [1.54, 1.807) is 0 Å². The number of benzene rings is 1. The summed E-state index contributed by atoms with van der Waals surface area (Å²) in [6.07, 6.45) is 1.29. The molecule has 17 heavy (non-hydrogen) atoms. The molecule has 3 nitrogen and oxygen atoms in total. The van der Waals surface area contributed by atoms with Crippen LogP contribution in [0, 0.1) is 22.7 Å². The third-order valence-corrected chi connectivity index (χ3v) is 3.16. The molecule has 0 aliphatic rings. The van der Waals surface area contributed by atoms with Gasteiger partial charge in [-0.05, 0) is 29.5 Å². The van der Waals surface area contributed by atoms with Gasteiger partial charge in [0.1, 0.15) is 0 Å². The Kier molecular flexibility index (Phi) is 4.26. The molecular weight excluding hydrogens is 210 g/mol. The van der Waals surface area contributed by atoms with Crippen molar-refractivity contribution in [2.24, 2.45) is 5.73 Å². The number of hydrogen-bond donors (Lipinski definition) is 1. The Morgan fingerprint density at radius 1 is 1.24 bits per heavy atom. The Balaban J connectivity index is 3.41. The average Bonchev–Trinajstić information content (AvgIpc) is 2.41. The Morgan fingerprint density at radius 3 is 2.29 bits per heavy atom. The van der Waals surface area contributed by atoms with Crippen LogP contribution < -0.4 is 5.73 Å². The van der Waals surface area contributed by atoms with Gasteiger partial charge < -0.3 is 5.73 Å². The van der Waals surface area contributed by atoms with Gasteiger partial charge in [-0.2, -0.15) is 10.5 Å². The normalized spacial score (nSPS) is 10.6. The van der Waals surface area contributed by atoms with Crippen molar-refractivity contribution in [3.63, 3.8) is 0 Å². The molecular formula is C14H17N3. The largest absolute Gasteiger partial charge is 0.326 e. The minimum Gasteiger partial charge on any atom is -0.326 e. The summed E-state index contributed by atoms with van der Waals surface area (Å²) in [4.78, 5) is 0. The Bertz CT molecular complexity index is 463. The van der Waals surface area contributed by atoms with Gasteiger partial charge in [-0.1, -0.05) is 32.0 Å². The molecule has 0 aliphatic carbocycles. The molecule has 0 atom stereocenters. The van der Waals surface area contributed by atoms with E-state index in [9.17, 15) is 10.5 Å². The van der Waals surface area contributed by atoms with Crippen molar-refractivity contribution in [3.05, 3.63) is 34.9 Å². The van der Waals surface area contributed by atoms with Gasteiger partial charge in [0.25, 0.3) is 0 Å². The zero-order valence-corrected chi connectivity index (χ0v) is 10.3. The summed E-state index contributed by atoms with van der Waals surface area (Å²) in [5.41, 5.74) is 7.47. The number of rotatable bonds is 4. The first-order chi connectivity index (χ1) is 8.17. The van der Waals surface area contributed by atoms with E-state index in [-0.39, 0.29) is 0 Å². The molecule has 0 bridgehead atoms. The molecule has 0 aromatic heterocycles. The Morgan fingerprint density at radius 2 is 1.88 bits per heavy atom. The number of nitriles is 2. The molecule has 0 saturated carbocycles. The van der Waals surface area contributed by atoms with Crippen molar-refractivity contribution in [1.82, 2.24) is 0 Å². The molecule has 0 saturated heterocycles. The lowest BCUT2D eigenvalue weighted by atomic mass is 9.77. The zero-order valence-electron chi connectivity index (χ0n) is 10.3.